The van der Waals surface area contributed by atoms with E-state index in [1.165, 1.54) is 6.07 Å². The van der Waals surface area contributed by atoms with Crippen LogP contribution in [0.5, 0.6) is 0 Å². The van der Waals surface area contributed by atoms with Crippen molar-refractivity contribution in [1.82, 2.24) is 9.88 Å². The van der Waals surface area contributed by atoms with Crippen LogP contribution in [0.25, 0.3) is 5.69 Å². The van der Waals surface area contributed by atoms with Crippen LogP contribution >= 0.6 is 15.9 Å². The molecule has 0 aliphatic carbocycles. The van der Waals surface area contributed by atoms with Gasteiger partial charge in [0, 0.05) is 21.5 Å². The van der Waals surface area contributed by atoms with E-state index in [9.17, 15) is 14.0 Å². The normalized spacial score (nSPS) is 10.7. The number of aryl methyl sites for hydroxylation is 2. The van der Waals surface area contributed by atoms with E-state index in [-0.39, 0.29) is 24.2 Å². The van der Waals surface area contributed by atoms with Gasteiger partial charge in [0.25, 0.3) is 5.91 Å². The molecule has 0 bridgehead atoms. The van der Waals surface area contributed by atoms with Crippen molar-refractivity contribution in [3.63, 3.8) is 0 Å². The molecule has 0 radical (unpaired) electrons. The van der Waals surface area contributed by atoms with Crippen LogP contribution in [0.2, 0.25) is 0 Å². The molecule has 2 N–H and O–H groups in total. The molecule has 0 saturated heterocycles. The molecule has 0 unspecified atom stereocenters. The first-order valence-electron chi connectivity index (χ1n) is 9.06. The Morgan fingerprint density at radius 1 is 1.07 bits per heavy atom. The van der Waals surface area contributed by atoms with Gasteiger partial charge in [0.2, 0.25) is 5.91 Å². The number of anilines is 1. The summed E-state index contributed by atoms with van der Waals surface area (Å²) in [6.45, 7) is 5.27. The van der Waals surface area contributed by atoms with Gasteiger partial charge in [0.05, 0.1) is 17.8 Å². The zero-order valence-electron chi connectivity index (χ0n) is 16.3. The molecule has 7 heteroatoms. The van der Waals surface area contributed by atoms with Crippen LogP contribution in [0.3, 0.4) is 0 Å². The second kappa shape index (κ2) is 8.61. The fourth-order valence-corrected chi connectivity index (χ4v) is 3.69. The lowest BCUT2D eigenvalue weighted by Crippen LogP contribution is -2.33. The minimum atomic E-state index is -0.386. The molecule has 29 heavy (non-hydrogen) atoms. The second-order valence-corrected chi connectivity index (χ2v) is 7.68. The summed E-state index contributed by atoms with van der Waals surface area (Å²) in [5, 5.41) is 5.41. The molecule has 3 rings (SSSR count). The Balaban J connectivity index is 1.71. The third-order valence-electron chi connectivity index (χ3n) is 4.64. The number of rotatable bonds is 5. The van der Waals surface area contributed by atoms with Gasteiger partial charge in [-0.2, -0.15) is 0 Å². The number of carbonyl (C=O) groups is 2. The van der Waals surface area contributed by atoms with Gasteiger partial charge in [-0.15, -0.1) is 0 Å². The minimum absolute atomic E-state index is 0.169. The summed E-state index contributed by atoms with van der Waals surface area (Å²) < 4.78 is 16.8. The Labute approximate surface area is 177 Å². The summed E-state index contributed by atoms with van der Waals surface area (Å²) in [7, 11) is 0. The zero-order chi connectivity index (χ0) is 21.1. The van der Waals surface area contributed by atoms with Gasteiger partial charge in [-0.1, -0.05) is 28.1 Å². The van der Waals surface area contributed by atoms with Gasteiger partial charge in [0.1, 0.15) is 5.82 Å². The Morgan fingerprint density at radius 2 is 1.79 bits per heavy atom. The Kier molecular flexibility index (Phi) is 6.17. The van der Waals surface area contributed by atoms with Crippen molar-refractivity contribution in [2.24, 2.45) is 0 Å². The highest BCUT2D eigenvalue weighted by Crippen LogP contribution is 2.23. The monoisotopic (exact) mass is 457 g/mol. The SMILES string of the molecule is Cc1cc(Br)ccc1NC(=O)CNC(=O)c1cc(C)n(-c2ccccc2F)c1C. The molecule has 2 amide bonds. The standard InChI is InChI=1S/C22H21BrFN3O2/c1-13-10-16(23)8-9-19(13)26-21(28)12-25-22(29)17-11-14(2)27(15(17)3)20-7-5-4-6-18(20)24/h4-11H,12H2,1-3H3,(H,25,29)(H,26,28). The molecule has 0 fully saturated rings. The van der Waals surface area contributed by atoms with Gasteiger partial charge >= 0.3 is 0 Å². The van der Waals surface area contributed by atoms with Crippen molar-refractivity contribution < 1.29 is 14.0 Å². The topological polar surface area (TPSA) is 63.1 Å². The summed E-state index contributed by atoms with van der Waals surface area (Å²) in [5.74, 6) is -1.08. The highest BCUT2D eigenvalue weighted by Gasteiger charge is 2.18. The van der Waals surface area contributed by atoms with Crippen LogP contribution in [0.1, 0.15) is 27.3 Å². The molecule has 0 aliphatic rings. The molecule has 0 atom stereocenters. The molecular formula is C22H21BrFN3O2. The van der Waals surface area contributed by atoms with Crippen molar-refractivity contribution >= 4 is 33.4 Å². The smallest absolute Gasteiger partial charge is 0.253 e. The largest absolute Gasteiger partial charge is 0.343 e. The number of amides is 2. The van der Waals surface area contributed by atoms with Crippen LogP contribution < -0.4 is 10.6 Å². The van der Waals surface area contributed by atoms with E-state index in [0.29, 0.717) is 22.6 Å². The number of para-hydroxylation sites is 1. The third kappa shape index (κ3) is 4.56. The van der Waals surface area contributed by atoms with E-state index < -0.39 is 0 Å². The molecule has 0 spiro atoms. The van der Waals surface area contributed by atoms with Gasteiger partial charge in [0.15, 0.2) is 0 Å². The number of nitrogens with one attached hydrogen (secondary N) is 2. The van der Waals surface area contributed by atoms with Crippen molar-refractivity contribution in [1.29, 1.82) is 0 Å². The van der Waals surface area contributed by atoms with E-state index in [2.05, 4.69) is 26.6 Å². The fraction of sp³-hybridized carbons (Fsp3) is 0.182. The first-order chi connectivity index (χ1) is 13.8. The van der Waals surface area contributed by atoms with Crippen LogP contribution in [-0.4, -0.2) is 22.9 Å². The lowest BCUT2D eigenvalue weighted by molar-refractivity contribution is -0.115. The summed E-state index contributed by atoms with van der Waals surface area (Å²) in [4.78, 5) is 24.8. The van der Waals surface area contributed by atoms with Gasteiger partial charge in [-0.05, 0) is 62.7 Å². The summed E-state index contributed by atoms with van der Waals surface area (Å²) >= 11 is 3.38. The number of hydrogen-bond donors (Lipinski definition) is 2. The Morgan fingerprint density at radius 3 is 2.48 bits per heavy atom. The van der Waals surface area contributed by atoms with Crippen LogP contribution in [0.15, 0.2) is 53.0 Å². The zero-order valence-corrected chi connectivity index (χ0v) is 17.9. The van der Waals surface area contributed by atoms with E-state index in [0.717, 1.165) is 15.7 Å². The van der Waals surface area contributed by atoms with E-state index in [4.69, 9.17) is 0 Å². The molecule has 1 aromatic heterocycles. The molecule has 2 aromatic carbocycles. The average Bonchev–Trinajstić information content (AvgIpc) is 2.97. The van der Waals surface area contributed by atoms with Crippen molar-refractivity contribution in [3.8, 4) is 5.69 Å². The second-order valence-electron chi connectivity index (χ2n) is 6.76. The highest BCUT2D eigenvalue weighted by atomic mass is 79.9. The van der Waals surface area contributed by atoms with Crippen molar-refractivity contribution in [2.45, 2.75) is 20.8 Å². The highest BCUT2D eigenvalue weighted by molar-refractivity contribution is 9.10. The van der Waals surface area contributed by atoms with Crippen molar-refractivity contribution in [3.05, 3.63) is 81.3 Å². The van der Waals surface area contributed by atoms with Crippen molar-refractivity contribution in [2.75, 3.05) is 11.9 Å². The maximum Gasteiger partial charge on any atom is 0.253 e. The number of hydrogen-bond acceptors (Lipinski definition) is 2. The molecule has 3 aromatic rings. The number of aromatic nitrogens is 1. The molecule has 150 valence electrons. The van der Waals surface area contributed by atoms with Gasteiger partial charge < -0.3 is 15.2 Å². The summed E-state index contributed by atoms with van der Waals surface area (Å²) in [6, 6.07) is 13.6. The van der Waals surface area contributed by atoms with E-state index in [1.54, 1.807) is 48.7 Å². The lowest BCUT2D eigenvalue weighted by Gasteiger charge is -2.11. The van der Waals surface area contributed by atoms with Crippen LogP contribution in [-0.2, 0) is 4.79 Å². The predicted octanol–water partition coefficient (Wildman–Crippen LogP) is 4.67. The molecule has 1 heterocycles. The van der Waals surface area contributed by atoms with Gasteiger partial charge in [-0.3, -0.25) is 9.59 Å². The third-order valence-corrected chi connectivity index (χ3v) is 5.13. The first kappa shape index (κ1) is 20.8. The summed E-state index contributed by atoms with van der Waals surface area (Å²) in [5.41, 5.74) is 3.71. The number of carbonyl (C=O) groups excluding carboxylic acids is 2. The molecule has 5 nitrogen and oxygen atoms in total. The molecule has 0 aliphatic heterocycles. The predicted molar refractivity (Wildman–Crippen MR) is 115 cm³/mol. The van der Waals surface area contributed by atoms with Crippen LogP contribution in [0, 0.1) is 26.6 Å². The van der Waals surface area contributed by atoms with Gasteiger partial charge in [-0.25, -0.2) is 4.39 Å². The molecular weight excluding hydrogens is 437 g/mol. The quantitative estimate of drug-likeness (QED) is 0.584. The van der Waals surface area contributed by atoms with E-state index >= 15 is 0 Å². The minimum Gasteiger partial charge on any atom is -0.343 e. The molecule has 0 saturated carbocycles. The number of benzene rings is 2. The average molecular weight is 458 g/mol. The maximum absolute atomic E-state index is 14.2. The Bertz CT molecular complexity index is 1090. The number of nitrogens with zero attached hydrogens (tertiary/aromatic N) is 1. The van der Waals surface area contributed by atoms with E-state index in [1.807, 2.05) is 19.1 Å². The fourth-order valence-electron chi connectivity index (χ4n) is 3.21. The summed E-state index contributed by atoms with van der Waals surface area (Å²) in [6.07, 6.45) is 0. The first-order valence-corrected chi connectivity index (χ1v) is 9.85. The lowest BCUT2D eigenvalue weighted by atomic mass is 10.2. The van der Waals surface area contributed by atoms with Crippen LogP contribution in [0.4, 0.5) is 10.1 Å². The number of halogens is 2. The maximum atomic E-state index is 14.2. The Hall–Kier alpha value is -2.93.